The van der Waals surface area contributed by atoms with E-state index in [4.69, 9.17) is 4.74 Å². The van der Waals surface area contributed by atoms with E-state index in [1.165, 1.54) is 6.42 Å². The topological polar surface area (TPSA) is 42.4 Å². The van der Waals surface area contributed by atoms with Crippen LogP contribution in [0, 0.1) is 5.92 Å². The zero-order valence-corrected chi connectivity index (χ0v) is 9.94. The number of nitrogens with zero attached hydrogens (tertiary/aromatic N) is 1. The molecule has 0 bridgehead atoms. The summed E-state index contributed by atoms with van der Waals surface area (Å²) < 4.78 is 5.28. The third-order valence-corrected chi connectivity index (χ3v) is 3.40. The molecule has 1 aliphatic rings. The third kappa shape index (κ3) is 2.05. The van der Waals surface area contributed by atoms with E-state index >= 15 is 0 Å². The fourth-order valence-electron chi connectivity index (χ4n) is 2.64. The van der Waals surface area contributed by atoms with Crippen LogP contribution >= 0.6 is 0 Å². The lowest BCUT2D eigenvalue weighted by Crippen LogP contribution is -2.33. The zero-order valence-electron chi connectivity index (χ0n) is 9.94. The maximum atomic E-state index is 10.7. The molecule has 0 aromatic carbocycles. The smallest absolute Gasteiger partial charge is 0.143 e. The Labute approximate surface area is 96.5 Å². The van der Waals surface area contributed by atoms with Gasteiger partial charge >= 0.3 is 0 Å². The van der Waals surface area contributed by atoms with E-state index in [-0.39, 0.29) is 0 Å². The minimum absolute atomic E-state index is 0.547. The predicted octanol–water partition coefficient (Wildman–Crippen LogP) is 2.49. The molecular weight excluding hydrogens is 202 g/mol. The lowest BCUT2D eigenvalue weighted by atomic mass is 9.77. The Hall–Kier alpha value is -1.09. The van der Waals surface area contributed by atoms with Crippen LogP contribution in [0.2, 0.25) is 0 Å². The Balaban J connectivity index is 2.34. The fraction of sp³-hybridized carbons (Fsp3) is 0.615. The summed E-state index contributed by atoms with van der Waals surface area (Å²) in [4.78, 5) is 4.30. The van der Waals surface area contributed by atoms with Crippen LogP contribution in [0.4, 0.5) is 0 Å². The van der Waals surface area contributed by atoms with Crippen molar-refractivity contribution >= 4 is 0 Å². The summed E-state index contributed by atoms with van der Waals surface area (Å²) in [5, 5.41) is 10.7. The molecule has 0 saturated heterocycles. The van der Waals surface area contributed by atoms with Gasteiger partial charge in [0.15, 0.2) is 0 Å². The van der Waals surface area contributed by atoms with Crippen LogP contribution in [0.3, 0.4) is 0 Å². The van der Waals surface area contributed by atoms with Crippen molar-refractivity contribution in [2.45, 2.75) is 38.2 Å². The van der Waals surface area contributed by atoms with Gasteiger partial charge in [-0.3, -0.25) is 4.98 Å². The van der Waals surface area contributed by atoms with E-state index < -0.39 is 5.60 Å². The number of rotatable bonds is 2. The van der Waals surface area contributed by atoms with E-state index in [9.17, 15) is 5.11 Å². The Bertz CT molecular complexity index is 367. The molecule has 0 spiro atoms. The first-order valence-corrected chi connectivity index (χ1v) is 5.87. The minimum atomic E-state index is -0.801. The minimum Gasteiger partial charge on any atom is -0.495 e. The predicted molar refractivity (Wildman–Crippen MR) is 62.3 cm³/mol. The van der Waals surface area contributed by atoms with Crippen LogP contribution in [-0.4, -0.2) is 17.2 Å². The highest BCUT2D eigenvalue weighted by atomic mass is 16.5. The molecule has 0 amide bonds. The van der Waals surface area contributed by atoms with Crippen molar-refractivity contribution in [2.24, 2.45) is 5.92 Å². The molecule has 1 aromatic heterocycles. The van der Waals surface area contributed by atoms with Gasteiger partial charge in [0, 0.05) is 6.20 Å². The normalized spacial score (nSPS) is 30.1. The lowest BCUT2D eigenvalue weighted by molar-refractivity contribution is -0.0234. The molecule has 1 aromatic rings. The van der Waals surface area contributed by atoms with Crippen LogP contribution < -0.4 is 4.74 Å². The maximum absolute atomic E-state index is 10.7. The lowest BCUT2D eigenvalue weighted by Gasteiger charge is -2.35. The number of hydrogen-bond acceptors (Lipinski definition) is 3. The Kier molecular flexibility index (Phi) is 3.15. The number of aromatic nitrogens is 1. The van der Waals surface area contributed by atoms with Crippen molar-refractivity contribution in [3.63, 3.8) is 0 Å². The van der Waals surface area contributed by atoms with Gasteiger partial charge in [0.25, 0.3) is 0 Å². The molecule has 1 N–H and O–H groups in total. The Morgan fingerprint density at radius 2 is 2.38 bits per heavy atom. The Morgan fingerprint density at radius 1 is 1.56 bits per heavy atom. The van der Waals surface area contributed by atoms with Gasteiger partial charge in [-0.2, -0.15) is 0 Å². The molecule has 3 nitrogen and oxygen atoms in total. The molecule has 1 aliphatic carbocycles. The van der Waals surface area contributed by atoms with Crippen molar-refractivity contribution < 1.29 is 9.84 Å². The number of methoxy groups -OCH3 is 1. The molecule has 16 heavy (non-hydrogen) atoms. The fourth-order valence-corrected chi connectivity index (χ4v) is 2.64. The van der Waals surface area contributed by atoms with Crippen molar-refractivity contribution in [1.82, 2.24) is 4.98 Å². The second kappa shape index (κ2) is 4.42. The summed E-state index contributed by atoms with van der Waals surface area (Å²) in [7, 11) is 1.62. The second-order valence-electron chi connectivity index (χ2n) is 4.79. The maximum Gasteiger partial charge on any atom is 0.143 e. The van der Waals surface area contributed by atoms with E-state index in [1.54, 1.807) is 13.3 Å². The molecule has 88 valence electrons. The van der Waals surface area contributed by atoms with Gasteiger partial charge < -0.3 is 9.84 Å². The SMILES string of the molecule is COc1cccnc1C1(O)CCCC(C)C1. The van der Waals surface area contributed by atoms with Crippen molar-refractivity contribution in [3.05, 3.63) is 24.0 Å². The zero-order chi connectivity index (χ0) is 11.6. The highest BCUT2D eigenvalue weighted by molar-refractivity contribution is 5.32. The van der Waals surface area contributed by atoms with Gasteiger partial charge in [-0.1, -0.05) is 13.3 Å². The van der Waals surface area contributed by atoms with Gasteiger partial charge in [-0.15, -0.1) is 0 Å². The second-order valence-corrected chi connectivity index (χ2v) is 4.79. The molecule has 1 saturated carbocycles. The van der Waals surface area contributed by atoms with Gasteiger partial charge in [-0.25, -0.2) is 0 Å². The summed E-state index contributed by atoms with van der Waals surface area (Å²) in [6, 6.07) is 3.69. The van der Waals surface area contributed by atoms with Gasteiger partial charge in [0.05, 0.1) is 7.11 Å². The number of aliphatic hydroxyl groups is 1. The van der Waals surface area contributed by atoms with Crippen LogP contribution in [0.25, 0.3) is 0 Å². The van der Waals surface area contributed by atoms with Gasteiger partial charge in [-0.05, 0) is 37.3 Å². The third-order valence-electron chi connectivity index (χ3n) is 3.40. The quantitative estimate of drug-likeness (QED) is 0.834. The van der Waals surface area contributed by atoms with Crippen molar-refractivity contribution in [1.29, 1.82) is 0 Å². The molecular formula is C13H19NO2. The first-order chi connectivity index (χ1) is 7.65. The van der Waals surface area contributed by atoms with Crippen LogP contribution in [0.1, 0.15) is 38.3 Å². The monoisotopic (exact) mass is 221 g/mol. The average molecular weight is 221 g/mol. The summed E-state index contributed by atoms with van der Waals surface area (Å²) in [5.41, 5.74) is -0.103. The molecule has 3 heteroatoms. The van der Waals surface area contributed by atoms with Crippen LogP contribution in [-0.2, 0) is 5.60 Å². The van der Waals surface area contributed by atoms with E-state index in [0.717, 1.165) is 19.3 Å². The standard InChI is InChI=1S/C13H19NO2/c1-10-5-3-7-13(15,9-10)12-11(16-2)6-4-8-14-12/h4,6,8,10,15H,3,5,7,9H2,1-2H3. The largest absolute Gasteiger partial charge is 0.495 e. The van der Waals surface area contributed by atoms with Crippen molar-refractivity contribution in [3.8, 4) is 5.75 Å². The van der Waals surface area contributed by atoms with Gasteiger partial charge in [0.2, 0.25) is 0 Å². The number of pyridine rings is 1. The first-order valence-electron chi connectivity index (χ1n) is 5.87. The molecule has 2 atom stereocenters. The van der Waals surface area contributed by atoms with Crippen LogP contribution in [0.15, 0.2) is 18.3 Å². The van der Waals surface area contributed by atoms with E-state index in [1.807, 2.05) is 12.1 Å². The number of ether oxygens (including phenoxy) is 1. The van der Waals surface area contributed by atoms with Crippen molar-refractivity contribution in [2.75, 3.05) is 7.11 Å². The molecule has 2 rings (SSSR count). The van der Waals surface area contributed by atoms with Crippen LogP contribution in [0.5, 0.6) is 5.75 Å². The van der Waals surface area contributed by atoms with E-state index in [2.05, 4.69) is 11.9 Å². The Morgan fingerprint density at radius 3 is 3.06 bits per heavy atom. The van der Waals surface area contributed by atoms with E-state index in [0.29, 0.717) is 17.4 Å². The highest BCUT2D eigenvalue weighted by Crippen LogP contribution is 2.41. The molecule has 0 radical (unpaired) electrons. The molecule has 0 aliphatic heterocycles. The summed E-state index contributed by atoms with van der Waals surface area (Å²) in [6.07, 6.45) is 5.52. The highest BCUT2D eigenvalue weighted by Gasteiger charge is 2.37. The summed E-state index contributed by atoms with van der Waals surface area (Å²) in [6.45, 7) is 2.18. The first kappa shape index (κ1) is 11.4. The molecule has 1 heterocycles. The summed E-state index contributed by atoms with van der Waals surface area (Å²) >= 11 is 0. The molecule has 2 unspecified atom stereocenters. The summed E-state index contributed by atoms with van der Waals surface area (Å²) in [5.74, 6) is 1.24. The number of hydrogen-bond donors (Lipinski definition) is 1. The average Bonchev–Trinajstić information content (AvgIpc) is 2.29. The van der Waals surface area contributed by atoms with Gasteiger partial charge in [0.1, 0.15) is 17.0 Å². The molecule has 1 fully saturated rings.